The van der Waals surface area contributed by atoms with Crippen LogP contribution in [0.15, 0.2) is 60.2 Å². The fourth-order valence-corrected chi connectivity index (χ4v) is 5.15. The van der Waals surface area contributed by atoms with Gasteiger partial charge in [-0.05, 0) is 49.8 Å². The van der Waals surface area contributed by atoms with Gasteiger partial charge in [0.15, 0.2) is 5.82 Å². The van der Waals surface area contributed by atoms with Crippen LogP contribution in [0.1, 0.15) is 36.8 Å². The monoisotopic (exact) mass is 469 g/mol. The lowest BCUT2D eigenvalue weighted by molar-refractivity contribution is 0.110. The number of thiophene rings is 1. The van der Waals surface area contributed by atoms with E-state index in [-0.39, 0.29) is 6.04 Å². The van der Waals surface area contributed by atoms with Gasteiger partial charge in [0.05, 0.1) is 10.3 Å². The number of nitrogens with one attached hydrogen (secondary N) is 1. The zero-order chi connectivity index (χ0) is 23.4. The Bertz CT molecular complexity index is 1320. The Kier molecular flexibility index (Phi) is 6.54. The molecule has 1 atom stereocenters. The number of pyridine rings is 1. The molecule has 3 aromatic heterocycles. The lowest BCUT2D eigenvalue weighted by atomic mass is 10.0. The van der Waals surface area contributed by atoms with Gasteiger partial charge in [-0.25, -0.2) is 9.97 Å². The molecule has 0 amide bonds. The topological polar surface area (TPSA) is 97.0 Å². The minimum atomic E-state index is -0.888. The molecule has 6 nitrogen and oxygen atoms in total. The third kappa shape index (κ3) is 5.10. The van der Waals surface area contributed by atoms with Gasteiger partial charge in [-0.15, -0.1) is 11.3 Å². The molecular formula is C27H27N5OS. The molecule has 0 radical (unpaired) electrons. The second-order valence-corrected chi connectivity index (χ2v) is 9.66. The van der Waals surface area contributed by atoms with E-state index in [1.165, 1.54) is 5.56 Å². The largest absolute Gasteiger partial charge is 0.378 e. The molecule has 1 aliphatic carbocycles. The highest BCUT2D eigenvalue weighted by molar-refractivity contribution is 7.18. The number of rotatable bonds is 6. The van der Waals surface area contributed by atoms with Crippen molar-refractivity contribution in [1.29, 1.82) is 0 Å². The number of hydrogen-bond acceptors (Lipinski definition) is 7. The Morgan fingerprint density at radius 2 is 1.85 bits per heavy atom. The van der Waals surface area contributed by atoms with Crippen molar-refractivity contribution in [2.75, 3.05) is 11.9 Å². The summed E-state index contributed by atoms with van der Waals surface area (Å²) in [6, 6.07) is 14.0. The van der Waals surface area contributed by atoms with Crippen molar-refractivity contribution in [3.63, 3.8) is 0 Å². The van der Waals surface area contributed by atoms with Crippen LogP contribution in [0.5, 0.6) is 0 Å². The van der Waals surface area contributed by atoms with Gasteiger partial charge in [0, 0.05) is 35.9 Å². The summed E-state index contributed by atoms with van der Waals surface area (Å²) < 4.78 is 0.937. The Labute approximate surface area is 203 Å². The quantitative estimate of drug-likeness (QED) is 0.362. The second kappa shape index (κ2) is 9.90. The minimum Gasteiger partial charge on any atom is -0.378 e. The number of fused-ring (bicyclic) bond motifs is 1. The van der Waals surface area contributed by atoms with Crippen molar-refractivity contribution in [1.82, 2.24) is 15.0 Å². The maximum Gasteiger partial charge on any atom is 0.162 e. The maximum absolute atomic E-state index is 10.7. The first-order valence-electron chi connectivity index (χ1n) is 11.6. The van der Waals surface area contributed by atoms with Gasteiger partial charge in [-0.3, -0.25) is 4.98 Å². The van der Waals surface area contributed by atoms with Gasteiger partial charge in [0.25, 0.3) is 0 Å². The van der Waals surface area contributed by atoms with Crippen LogP contribution in [-0.4, -0.2) is 38.2 Å². The highest BCUT2D eigenvalue weighted by Crippen LogP contribution is 2.33. The minimum absolute atomic E-state index is 0.0624. The maximum atomic E-state index is 10.7. The molecule has 5 rings (SSSR count). The van der Waals surface area contributed by atoms with Gasteiger partial charge in [0.1, 0.15) is 16.9 Å². The summed E-state index contributed by atoms with van der Waals surface area (Å²) in [6.07, 6.45) is 7.73. The van der Waals surface area contributed by atoms with Gasteiger partial charge < -0.3 is 16.2 Å². The number of anilines is 1. The molecule has 1 saturated carbocycles. The molecule has 0 spiro atoms. The molecule has 1 fully saturated rings. The molecule has 3 heterocycles. The Morgan fingerprint density at radius 1 is 1.09 bits per heavy atom. The van der Waals surface area contributed by atoms with Crippen molar-refractivity contribution in [2.45, 2.75) is 43.7 Å². The van der Waals surface area contributed by atoms with Crippen LogP contribution in [0.3, 0.4) is 0 Å². The van der Waals surface area contributed by atoms with Crippen molar-refractivity contribution >= 4 is 27.4 Å². The molecule has 34 heavy (non-hydrogen) atoms. The van der Waals surface area contributed by atoms with Crippen molar-refractivity contribution in [2.24, 2.45) is 5.73 Å². The highest BCUT2D eigenvalue weighted by atomic mass is 32.1. The van der Waals surface area contributed by atoms with Crippen LogP contribution in [-0.2, 0) is 6.42 Å². The van der Waals surface area contributed by atoms with Gasteiger partial charge in [-0.2, -0.15) is 0 Å². The van der Waals surface area contributed by atoms with E-state index < -0.39 is 5.60 Å². The Morgan fingerprint density at radius 3 is 2.62 bits per heavy atom. The first-order valence-corrected chi connectivity index (χ1v) is 12.5. The summed E-state index contributed by atoms with van der Waals surface area (Å²) in [5.41, 5.74) is 9.23. The molecule has 172 valence electrons. The first kappa shape index (κ1) is 22.5. The number of benzene rings is 1. The molecule has 0 saturated heterocycles. The number of hydrogen-bond donors (Lipinski definition) is 3. The predicted octanol–water partition coefficient (Wildman–Crippen LogP) is 4.39. The molecule has 0 bridgehead atoms. The Hall–Kier alpha value is -3.31. The SMILES string of the molecule is N[C@H](CNc1nc(-c2ccncc2)nc2c(C#CC3(O)CCCC3)csc12)Cc1ccccc1. The summed E-state index contributed by atoms with van der Waals surface area (Å²) in [6.45, 7) is 0.579. The van der Waals surface area contributed by atoms with E-state index in [1.54, 1.807) is 23.7 Å². The zero-order valence-corrected chi connectivity index (χ0v) is 19.7. The van der Waals surface area contributed by atoms with E-state index >= 15 is 0 Å². The predicted molar refractivity (Wildman–Crippen MR) is 138 cm³/mol. The zero-order valence-electron chi connectivity index (χ0n) is 18.9. The normalized spacial score (nSPS) is 15.6. The summed E-state index contributed by atoms with van der Waals surface area (Å²) in [4.78, 5) is 13.8. The average Bonchev–Trinajstić information content (AvgIpc) is 3.49. The first-order chi connectivity index (χ1) is 16.6. The van der Waals surface area contributed by atoms with Crippen molar-refractivity contribution in [3.8, 4) is 23.2 Å². The van der Waals surface area contributed by atoms with Crippen molar-refractivity contribution in [3.05, 3.63) is 71.4 Å². The number of nitrogens with zero attached hydrogens (tertiary/aromatic N) is 3. The second-order valence-electron chi connectivity index (χ2n) is 8.78. The van der Waals surface area contributed by atoms with Gasteiger partial charge in [-0.1, -0.05) is 42.2 Å². The van der Waals surface area contributed by atoms with E-state index in [0.29, 0.717) is 12.4 Å². The van der Waals surface area contributed by atoms with Crippen molar-refractivity contribution < 1.29 is 5.11 Å². The summed E-state index contributed by atoms with van der Waals surface area (Å²) >= 11 is 1.56. The Balaban J connectivity index is 1.46. The van der Waals surface area contributed by atoms with Crippen LogP contribution in [0, 0.1) is 11.8 Å². The van der Waals surface area contributed by atoms with Crippen LogP contribution in [0.25, 0.3) is 21.6 Å². The standard InChI is InChI=1S/C27H27N5OS/c28-22(16-19-6-2-1-3-7-19)17-30-26-24-23(31-25(32-26)20-9-14-29-15-10-20)21(18-34-24)8-13-27(33)11-4-5-12-27/h1-3,6-7,9-10,14-15,18,22,33H,4-5,11-12,16-17,28H2,(H,30,31,32)/t22-/m0/s1. The molecule has 1 aliphatic rings. The van der Waals surface area contributed by atoms with Crippen LogP contribution in [0.4, 0.5) is 5.82 Å². The van der Waals surface area contributed by atoms with Crippen LogP contribution >= 0.6 is 11.3 Å². The molecule has 1 aromatic carbocycles. The highest BCUT2D eigenvalue weighted by Gasteiger charge is 2.28. The fourth-order valence-electron chi connectivity index (χ4n) is 4.24. The van der Waals surface area contributed by atoms with Crippen LogP contribution < -0.4 is 11.1 Å². The van der Waals surface area contributed by atoms with E-state index in [0.717, 1.165) is 59.3 Å². The van der Waals surface area contributed by atoms with E-state index in [4.69, 9.17) is 15.7 Å². The number of aliphatic hydroxyl groups is 1. The lowest BCUT2D eigenvalue weighted by Gasteiger charge is -2.14. The average molecular weight is 470 g/mol. The number of nitrogens with two attached hydrogens (primary N) is 1. The van der Waals surface area contributed by atoms with Gasteiger partial charge >= 0.3 is 0 Å². The third-order valence-electron chi connectivity index (χ3n) is 6.09. The smallest absolute Gasteiger partial charge is 0.162 e. The number of aromatic nitrogens is 3. The summed E-state index contributed by atoms with van der Waals surface area (Å²) in [5, 5.41) is 16.1. The molecule has 0 unspecified atom stereocenters. The van der Waals surface area contributed by atoms with Gasteiger partial charge in [0.2, 0.25) is 0 Å². The summed E-state index contributed by atoms with van der Waals surface area (Å²) in [7, 11) is 0. The molecule has 7 heteroatoms. The lowest BCUT2D eigenvalue weighted by Crippen LogP contribution is -2.31. The van der Waals surface area contributed by atoms with E-state index in [2.05, 4.69) is 34.3 Å². The molecular weight excluding hydrogens is 442 g/mol. The third-order valence-corrected chi connectivity index (χ3v) is 7.06. The molecule has 4 N–H and O–H groups in total. The molecule has 0 aliphatic heterocycles. The molecule has 4 aromatic rings. The summed E-state index contributed by atoms with van der Waals surface area (Å²) in [5.74, 6) is 7.67. The van der Waals surface area contributed by atoms with E-state index in [1.807, 2.05) is 35.7 Å². The fraction of sp³-hybridized carbons (Fsp3) is 0.296. The van der Waals surface area contributed by atoms with E-state index in [9.17, 15) is 5.11 Å². The van der Waals surface area contributed by atoms with Crippen LogP contribution in [0.2, 0.25) is 0 Å².